The number of fused-ring (bicyclic) bond motifs is 2. The second kappa shape index (κ2) is 6.70. The summed E-state index contributed by atoms with van der Waals surface area (Å²) in [5.41, 5.74) is 12.6. The molecule has 0 aliphatic heterocycles. The first-order chi connectivity index (χ1) is 15.3. The van der Waals surface area contributed by atoms with Crippen molar-refractivity contribution in [1.29, 1.82) is 0 Å². The van der Waals surface area contributed by atoms with Crippen LogP contribution in [0, 0.1) is 0 Å². The summed E-state index contributed by atoms with van der Waals surface area (Å²) in [6.45, 7) is 0. The molecule has 6 heterocycles. The highest BCUT2D eigenvalue weighted by Crippen LogP contribution is 2.31. The maximum atomic E-state index is 5.88. The molecular formula is C22H15N9. The second-order valence-corrected chi connectivity index (χ2v) is 7.05. The average Bonchev–Trinajstić information content (AvgIpc) is 3.43. The van der Waals surface area contributed by atoms with Crippen molar-refractivity contribution >= 4 is 27.6 Å². The lowest BCUT2D eigenvalue weighted by Gasteiger charge is -2.02. The molecule has 6 rings (SSSR count). The van der Waals surface area contributed by atoms with E-state index in [-0.39, 0.29) is 0 Å². The molecule has 6 aromatic rings. The van der Waals surface area contributed by atoms with Gasteiger partial charge < -0.3 is 10.7 Å². The quantitative estimate of drug-likeness (QED) is 0.409. The molecule has 0 spiro atoms. The monoisotopic (exact) mass is 405 g/mol. The minimum Gasteiger partial charge on any atom is -0.397 e. The fourth-order valence-corrected chi connectivity index (χ4v) is 3.59. The molecule has 148 valence electrons. The molecule has 6 aromatic heterocycles. The van der Waals surface area contributed by atoms with E-state index in [9.17, 15) is 0 Å². The van der Waals surface area contributed by atoms with Crippen LogP contribution < -0.4 is 5.73 Å². The first-order valence-electron chi connectivity index (χ1n) is 9.58. The Kier molecular flexibility index (Phi) is 3.72. The van der Waals surface area contributed by atoms with Crippen molar-refractivity contribution in [3.05, 3.63) is 67.4 Å². The number of hydrogen-bond acceptors (Lipinski definition) is 7. The highest BCUT2D eigenvalue weighted by molar-refractivity contribution is 5.96. The van der Waals surface area contributed by atoms with Gasteiger partial charge in [0.2, 0.25) is 0 Å². The predicted octanol–water partition coefficient (Wildman–Crippen LogP) is 3.60. The number of imidazole rings is 1. The zero-order valence-corrected chi connectivity index (χ0v) is 16.1. The van der Waals surface area contributed by atoms with Crippen molar-refractivity contribution in [1.82, 2.24) is 40.1 Å². The summed E-state index contributed by atoms with van der Waals surface area (Å²) < 4.78 is 0. The molecule has 0 bridgehead atoms. The molecule has 0 fully saturated rings. The third-order valence-electron chi connectivity index (χ3n) is 5.04. The van der Waals surface area contributed by atoms with E-state index in [1.54, 1.807) is 31.0 Å². The SMILES string of the molecule is Nc1cncc(-c2cc3c(-c4nc5c(-c6ccccn6)nccc5[nH]4)n[nH]c3cn2)c1. The van der Waals surface area contributed by atoms with Crippen molar-refractivity contribution in [2.75, 3.05) is 5.73 Å². The average molecular weight is 405 g/mol. The highest BCUT2D eigenvalue weighted by Gasteiger charge is 2.17. The molecule has 0 saturated carbocycles. The van der Waals surface area contributed by atoms with Crippen LogP contribution in [-0.4, -0.2) is 40.1 Å². The van der Waals surface area contributed by atoms with E-state index in [0.717, 1.165) is 38.9 Å². The number of rotatable bonds is 3. The van der Waals surface area contributed by atoms with Gasteiger partial charge in [0.1, 0.15) is 16.9 Å². The summed E-state index contributed by atoms with van der Waals surface area (Å²) in [7, 11) is 0. The molecule has 31 heavy (non-hydrogen) atoms. The van der Waals surface area contributed by atoms with Crippen LogP contribution in [0.4, 0.5) is 5.69 Å². The van der Waals surface area contributed by atoms with E-state index in [1.165, 1.54) is 0 Å². The van der Waals surface area contributed by atoms with Gasteiger partial charge in [-0.05, 0) is 30.3 Å². The molecular weight excluding hydrogens is 390 g/mol. The van der Waals surface area contributed by atoms with Crippen LogP contribution in [0.25, 0.3) is 56.1 Å². The lowest BCUT2D eigenvalue weighted by molar-refractivity contribution is 1.10. The summed E-state index contributed by atoms with van der Waals surface area (Å²) in [6, 6.07) is 11.4. The molecule has 0 atom stereocenters. The lowest BCUT2D eigenvalue weighted by Crippen LogP contribution is -1.90. The summed E-state index contributed by atoms with van der Waals surface area (Å²) in [4.78, 5) is 25.7. The second-order valence-electron chi connectivity index (χ2n) is 7.05. The molecule has 0 unspecified atom stereocenters. The Balaban J connectivity index is 1.51. The maximum Gasteiger partial charge on any atom is 0.159 e. The largest absolute Gasteiger partial charge is 0.397 e. The molecule has 0 aliphatic rings. The van der Waals surface area contributed by atoms with Crippen LogP contribution in [-0.2, 0) is 0 Å². The Labute approximate surface area is 175 Å². The molecule has 4 N–H and O–H groups in total. The third kappa shape index (κ3) is 2.87. The first-order valence-corrected chi connectivity index (χ1v) is 9.58. The van der Waals surface area contributed by atoms with Crippen molar-refractivity contribution in [2.45, 2.75) is 0 Å². The van der Waals surface area contributed by atoms with Gasteiger partial charge in [0, 0.05) is 35.7 Å². The molecule has 0 amide bonds. The Morgan fingerprint density at radius 1 is 0.806 bits per heavy atom. The van der Waals surface area contributed by atoms with Gasteiger partial charge in [-0.1, -0.05) is 6.07 Å². The zero-order valence-electron chi connectivity index (χ0n) is 16.1. The molecule has 0 aromatic carbocycles. The number of nitrogens with two attached hydrogens (primary N) is 1. The number of nitrogen functional groups attached to an aromatic ring is 1. The fourth-order valence-electron chi connectivity index (χ4n) is 3.59. The van der Waals surface area contributed by atoms with Crippen LogP contribution >= 0.6 is 0 Å². The van der Waals surface area contributed by atoms with E-state index in [0.29, 0.717) is 22.9 Å². The van der Waals surface area contributed by atoms with Gasteiger partial charge in [-0.25, -0.2) is 4.98 Å². The Morgan fingerprint density at radius 2 is 1.77 bits per heavy atom. The predicted molar refractivity (Wildman–Crippen MR) is 118 cm³/mol. The molecule has 9 heteroatoms. The number of anilines is 1. The summed E-state index contributed by atoms with van der Waals surface area (Å²) in [5.74, 6) is 0.634. The molecule has 0 saturated heterocycles. The van der Waals surface area contributed by atoms with Gasteiger partial charge >= 0.3 is 0 Å². The van der Waals surface area contributed by atoms with Gasteiger partial charge in [-0.15, -0.1) is 0 Å². The van der Waals surface area contributed by atoms with Crippen LogP contribution in [0.5, 0.6) is 0 Å². The minimum atomic E-state index is 0.582. The van der Waals surface area contributed by atoms with Gasteiger partial charge in [0.25, 0.3) is 0 Å². The number of aromatic nitrogens is 8. The normalized spacial score (nSPS) is 11.4. The molecule has 9 nitrogen and oxygen atoms in total. The Morgan fingerprint density at radius 3 is 2.65 bits per heavy atom. The number of pyridine rings is 4. The van der Waals surface area contributed by atoms with Crippen molar-refractivity contribution in [2.24, 2.45) is 0 Å². The van der Waals surface area contributed by atoms with Crippen LogP contribution in [0.1, 0.15) is 0 Å². The van der Waals surface area contributed by atoms with Gasteiger partial charge in [-0.3, -0.25) is 25.0 Å². The van der Waals surface area contributed by atoms with E-state index < -0.39 is 0 Å². The summed E-state index contributed by atoms with van der Waals surface area (Å²) in [6.07, 6.45) is 8.56. The fraction of sp³-hybridized carbons (Fsp3) is 0. The first kappa shape index (κ1) is 17.2. The Bertz CT molecular complexity index is 1550. The summed E-state index contributed by atoms with van der Waals surface area (Å²) >= 11 is 0. The minimum absolute atomic E-state index is 0.582. The third-order valence-corrected chi connectivity index (χ3v) is 5.04. The molecule has 0 aliphatic carbocycles. The van der Waals surface area contributed by atoms with E-state index in [1.807, 2.05) is 36.4 Å². The van der Waals surface area contributed by atoms with Crippen LogP contribution in [0.3, 0.4) is 0 Å². The summed E-state index contributed by atoms with van der Waals surface area (Å²) in [5, 5.41) is 8.39. The number of aromatic amines is 2. The smallest absolute Gasteiger partial charge is 0.159 e. The van der Waals surface area contributed by atoms with Crippen molar-refractivity contribution in [3.8, 4) is 34.2 Å². The van der Waals surface area contributed by atoms with Crippen molar-refractivity contribution in [3.63, 3.8) is 0 Å². The number of nitrogens with one attached hydrogen (secondary N) is 2. The van der Waals surface area contributed by atoms with Crippen LogP contribution in [0.15, 0.2) is 67.4 Å². The van der Waals surface area contributed by atoms with Crippen LogP contribution in [0.2, 0.25) is 0 Å². The van der Waals surface area contributed by atoms with E-state index in [2.05, 4.69) is 35.1 Å². The molecule has 0 radical (unpaired) electrons. The van der Waals surface area contributed by atoms with Gasteiger partial charge in [-0.2, -0.15) is 5.10 Å². The van der Waals surface area contributed by atoms with E-state index in [4.69, 9.17) is 10.7 Å². The Hall–Kier alpha value is -4.66. The highest BCUT2D eigenvalue weighted by atomic mass is 15.1. The standard InChI is InChI=1S/C22H15N9/c23-13-7-12(9-24-10-13)17-8-14-18(11-27-17)30-31-19(14)22-28-16-4-6-26-20(21(16)29-22)15-3-1-2-5-25-15/h1-11H,23H2,(H,28,29)(H,30,31). The number of nitrogens with zero attached hydrogens (tertiary/aromatic N) is 6. The number of H-pyrrole nitrogens is 2. The topological polar surface area (TPSA) is 135 Å². The van der Waals surface area contributed by atoms with Crippen molar-refractivity contribution < 1.29 is 0 Å². The van der Waals surface area contributed by atoms with E-state index >= 15 is 0 Å². The zero-order chi connectivity index (χ0) is 20.8. The number of hydrogen-bond donors (Lipinski definition) is 3. The van der Waals surface area contributed by atoms with Gasteiger partial charge in [0.05, 0.1) is 34.3 Å². The van der Waals surface area contributed by atoms with Gasteiger partial charge in [0.15, 0.2) is 5.82 Å². The maximum absolute atomic E-state index is 5.88. The lowest BCUT2D eigenvalue weighted by atomic mass is 10.1.